The Labute approximate surface area is 208 Å². The average Bonchev–Trinajstić information content (AvgIpc) is 3.10. The molecule has 0 atom stereocenters. The van der Waals surface area contributed by atoms with Gasteiger partial charge in [-0.15, -0.1) is 0 Å². The number of amides is 1. The Hall–Kier alpha value is -2.00. The number of anilines is 1. The van der Waals surface area contributed by atoms with Gasteiger partial charge < -0.3 is 9.64 Å². The van der Waals surface area contributed by atoms with Crippen molar-refractivity contribution in [3.63, 3.8) is 0 Å². The average molecular weight is 561 g/mol. The zero-order valence-electron chi connectivity index (χ0n) is 18.5. The molecule has 2 saturated heterocycles. The van der Waals surface area contributed by atoms with Gasteiger partial charge in [0.15, 0.2) is 5.17 Å². The molecule has 0 spiro atoms. The third kappa shape index (κ3) is 5.31. The third-order valence-corrected chi connectivity index (χ3v) is 7.40. The van der Waals surface area contributed by atoms with Crippen molar-refractivity contribution in [2.24, 2.45) is 4.99 Å². The number of amidine groups is 1. The van der Waals surface area contributed by atoms with Gasteiger partial charge in [-0.3, -0.25) is 9.69 Å². The first kappa shape index (κ1) is 23.2. The van der Waals surface area contributed by atoms with E-state index in [1.165, 1.54) is 36.7 Å². The van der Waals surface area contributed by atoms with Gasteiger partial charge in [0, 0.05) is 25.3 Å². The molecule has 1 amide bonds. The number of ether oxygens (including phenoxy) is 1. The van der Waals surface area contributed by atoms with Crippen molar-refractivity contribution in [2.75, 3.05) is 31.1 Å². The largest absolute Gasteiger partial charge is 0.493 e. The van der Waals surface area contributed by atoms with Gasteiger partial charge in [-0.25, -0.2) is 4.99 Å². The molecule has 2 aliphatic heterocycles. The number of carbonyl (C=O) groups is 1. The summed E-state index contributed by atoms with van der Waals surface area (Å²) < 4.78 is 6.65. The molecule has 0 N–H and O–H groups in total. The second-order valence-corrected chi connectivity index (χ2v) is 9.91. The van der Waals surface area contributed by atoms with Crippen molar-refractivity contribution in [2.45, 2.75) is 33.1 Å². The predicted molar refractivity (Wildman–Crippen MR) is 143 cm³/mol. The van der Waals surface area contributed by atoms with Gasteiger partial charge in [-0.1, -0.05) is 6.07 Å². The first-order valence-corrected chi connectivity index (χ1v) is 13.1. The van der Waals surface area contributed by atoms with Crippen LogP contribution in [0.2, 0.25) is 0 Å². The summed E-state index contributed by atoms with van der Waals surface area (Å²) >= 11 is 3.70. The van der Waals surface area contributed by atoms with Crippen LogP contribution in [0.15, 0.2) is 52.4 Å². The fourth-order valence-electron chi connectivity index (χ4n) is 3.90. The van der Waals surface area contributed by atoms with E-state index in [4.69, 9.17) is 9.73 Å². The van der Waals surface area contributed by atoms with Crippen molar-refractivity contribution in [3.8, 4) is 5.75 Å². The summed E-state index contributed by atoms with van der Waals surface area (Å²) in [5.41, 5.74) is 3.11. The Morgan fingerprint density at radius 1 is 1.09 bits per heavy atom. The molecule has 0 aliphatic carbocycles. The smallest absolute Gasteiger partial charge is 0.266 e. The van der Waals surface area contributed by atoms with Crippen LogP contribution in [0.1, 0.15) is 38.7 Å². The second kappa shape index (κ2) is 10.7. The number of rotatable bonds is 6. The number of carbonyl (C=O) groups excluding carboxylic acids is 1. The summed E-state index contributed by atoms with van der Waals surface area (Å²) in [5, 5.41) is 0.732. The van der Waals surface area contributed by atoms with Gasteiger partial charge in [-0.05, 0) is 116 Å². The van der Waals surface area contributed by atoms with Crippen LogP contribution in [0.4, 0.5) is 11.4 Å². The zero-order chi connectivity index (χ0) is 22.5. The monoisotopic (exact) mass is 561 g/mol. The summed E-state index contributed by atoms with van der Waals surface area (Å²) in [6, 6.07) is 14.4. The van der Waals surface area contributed by atoms with Gasteiger partial charge in [0.05, 0.1) is 20.8 Å². The second-order valence-electron chi connectivity index (χ2n) is 7.74. The van der Waals surface area contributed by atoms with Gasteiger partial charge in [0.1, 0.15) is 5.75 Å². The van der Waals surface area contributed by atoms with E-state index in [-0.39, 0.29) is 5.91 Å². The summed E-state index contributed by atoms with van der Waals surface area (Å²) in [7, 11) is 0. The number of hydrogen-bond donors (Lipinski definition) is 0. The van der Waals surface area contributed by atoms with Crippen molar-refractivity contribution in [1.29, 1.82) is 0 Å². The molecule has 0 unspecified atom stereocenters. The summed E-state index contributed by atoms with van der Waals surface area (Å²) in [5.74, 6) is 0.871. The molecular weight excluding hydrogens is 533 g/mol. The lowest BCUT2D eigenvalue weighted by Crippen LogP contribution is -2.29. The maximum Gasteiger partial charge on any atom is 0.266 e. The van der Waals surface area contributed by atoms with Gasteiger partial charge in [-0.2, -0.15) is 0 Å². The first-order chi connectivity index (χ1) is 15.6. The number of halogens is 1. The van der Waals surface area contributed by atoms with Gasteiger partial charge >= 0.3 is 0 Å². The highest BCUT2D eigenvalue weighted by atomic mass is 127. The molecule has 0 saturated carbocycles. The SMILES string of the molecule is CCOc1ccc(/C=C2\SC(=Nc3ccc(N4CCCCC4)cc3)N(CC)C2=O)cc1I. The van der Waals surface area contributed by atoms with Crippen LogP contribution >= 0.6 is 34.4 Å². The van der Waals surface area contributed by atoms with Gasteiger partial charge in [0.25, 0.3) is 5.91 Å². The van der Waals surface area contributed by atoms with Crippen molar-refractivity contribution in [1.82, 2.24) is 4.90 Å². The van der Waals surface area contributed by atoms with Crippen LogP contribution in [0.3, 0.4) is 0 Å². The molecule has 7 heteroatoms. The molecule has 2 aromatic carbocycles. The Balaban J connectivity index is 1.53. The highest BCUT2D eigenvalue weighted by Gasteiger charge is 2.32. The molecule has 32 heavy (non-hydrogen) atoms. The van der Waals surface area contributed by atoms with Crippen LogP contribution in [-0.2, 0) is 4.79 Å². The lowest BCUT2D eigenvalue weighted by atomic mass is 10.1. The zero-order valence-corrected chi connectivity index (χ0v) is 21.5. The van der Waals surface area contributed by atoms with Crippen LogP contribution in [0.5, 0.6) is 5.75 Å². The summed E-state index contributed by atoms with van der Waals surface area (Å²) in [6.45, 7) is 7.43. The maximum absolute atomic E-state index is 13.0. The highest BCUT2D eigenvalue weighted by Crippen LogP contribution is 2.35. The Bertz CT molecular complexity index is 1030. The number of piperidine rings is 1. The Kier molecular flexibility index (Phi) is 7.78. The fraction of sp³-hybridized carbons (Fsp3) is 0.360. The van der Waals surface area contributed by atoms with E-state index in [0.29, 0.717) is 18.1 Å². The van der Waals surface area contributed by atoms with Crippen molar-refractivity contribution in [3.05, 3.63) is 56.5 Å². The van der Waals surface area contributed by atoms with E-state index >= 15 is 0 Å². The molecule has 0 aromatic heterocycles. The molecule has 2 aliphatic rings. The molecule has 168 valence electrons. The first-order valence-electron chi connectivity index (χ1n) is 11.2. The molecule has 2 heterocycles. The number of benzene rings is 2. The predicted octanol–water partition coefficient (Wildman–Crippen LogP) is 6.30. The molecule has 5 nitrogen and oxygen atoms in total. The quantitative estimate of drug-likeness (QED) is 0.307. The molecule has 4 rings (SSSR count). The number of hydrogen-bond acceptors (Lipinski definition) is 5. The van der Waals surface area contributed by atoms with Crippen LogP contribution in [0.25, 0.3) is 6.08 Å². The minimum atomic E-state index is 0.00470. The van der Waals surface area contributed by atoms with Gasteiger partial charge in [0.2, 0.25) is 0 Å². The molecule has 2 fully saturated rings. The summed E-state index contributed by atoms with van der Waals surface area (Å²) in [4.78, 5) is 22.6. The van der Waals surface area contributed by atoms with Crippen LogP contribution < -0.4 is 9.64 Å². The number of thioether (sulfide) groups is 1. The Morgan fingerprint density at radius 3 is 2.50 bits per heavy atom. The topological polar surface area (TPSA) is 45.1 Å². The van der Waals surface area contributed by atoms with Crippen LogP contribution in [0, 0.1) is 3.57 Å². The van der Waals surface area contributed by atoms with E-state index in [1.54, 1.807) is 4.90 Å². The molecule has 0 radical (unpaired) electrons. The minimum absolute atomic E-state index is 0.00470. The normalized spacial score (nSPS) is 19.3. The van der Waals surface area contributed by atoms with Crippen LogP contribution in [-0.4, -0.2) is 42.2 Å². The standard InChI is InChI=1S/C25H28IN3O2S/c1-3-29-24(30)23(17-18-8-13-22(31-4-2)21(26)16-18)32-25(29)27-19-9-11-20(12-10-19)28-14-6-5-7-15-28/h8-13,16-17H,3-7,14-15H2,1-2H3/b23-17-,27-25?. The number of aliphatic imine (C=N–C) groups is 1. The third-order valence-electron chi connectivity index (χ3n) is 5.55. The number of likely N-dealkylation sites (N-methyl/N-ethyl adjacent to an activating group) is 1. The molecule has 0 bridgehead atoms. The summed E-state index contributed by atoms with van der Waals surface area (Å²) in [6.07, 6.45) is 5.79. The number of nitrogens with zero attached hydrogens (tertiary/aromatic N) is 3. The van der Waals surface area contributed by atoms with E-state index in [9.17, 15) is 4.79 Å². The molecule has 2 aromatic rings. The molecular formula is C25H28IN3O2S. The van der Waals surface area contributed by atoms with E-state index in [2.05, 4.69) is 39.6 Å². The Morgan fingerprint density at radius 2 is 1.84 bits per heavy atom. The van der Waals surface area contributed by atoms with Crippen molar-refractivity contribution < 1.29 is 9.53 Å². The highest BCUT2D eigenvalue weighted by molar-refractivity contribution is 14.1. The lowest BCUT2D eigenvalue weighted by molar-refractivity contribution is -0.122. The van der Waals surface area contributed by atoms with E-state index in [0.717, 1.165) is 38.8 Å². The fourth-order valence-corrected chi connectivity index (χ4v) is 5.66. The maximum atomic E-state index is 13.0. The van der Waals surface area contributed by atoms with E-state index in [1.807, 2.05) is 50.3 Å². The lowest BCUT2D eigenvalue weighted by Gasteiger charge is -2.28. The van der Waals surface area contributed by atoms with Crippen molar-refractivity contribution >= 4 is 62.9 Å². The van der Waals surface area contributed by atoms with E-state index < -0.39 is 0 Å². The minimum Gasteiger partial charge on any atom is -0.493 e.